The molecule has 0 radical (unpaired) electrons. The minimum Gasteiger partial charge on any atom is -0.374 e. The van der Waals surface area contributed by atoms with Gasteiger partial charge in [0, 0.05) is 47.2 Å². The molecule has 2 saturated heterocycles. The molecule has 2 aliphatic heterocycles. The van der Waals surface area contributed by atoms with E-state index < -0.39 is 21.1 Å². The van der Waals surface area contributed by atoms with Crippen LogP contribution >= 0.6 is 11.8 Å². The van der Waals surface area contributed by atoms with E-state index in [1.54, 1.807) is 26.5 Å². The number of urea groups is 2. The number of nitrogens with zero attached hydrogens (tertiary/aromatic N) is 4. The molecule has 34 heavy (non-hydrogen) atoms. The first kappa shape index (κ1) is 29.1. The van der Waals surface area contributed by atoms with Crippen molar-refractivity contribution in [1.29, 1.82) is 0 Å². The second-order valence-corrected chi connectivity index (χ2v) is 11.5. The standard InChI is InChI=1S/C20H40N4O8SSi/c1-7-30-34(31-8-2,32-9-3)12-10-11-33-16-24-18-17(22(14-28-5)20(24)26)21(13-27-4)19(25)23(18)15-29-6/h17-18H,7-16H2,1-6H3. The van der Waals surface area contributed by atoms with Gasteiger partial charge in [0.1, 0.15) is 20.2 Å². The fraction of sp³-hybridized carbons (Fsp3) is 0.900. The van der Waals surface area contributed by atoms with E-state index in [0.717, 1.165) is 12.2 Å². The van der Waals surface area contributed by atoms with Gasteiger partial charge in [0.2, 0.25) is 0 Å². The third-order valence-corrected chi connectivity index (χ3v) is 9.62. The van der Waals surface area contributed by atoms with Crippen LogP contribution in [0.5, 0.6) is 0 Å². The molecule has 0 aliphatic carbocycles. The van der Waals surface area contributed by atoms with E-state index in [1.807, 2.05) is 20.8 Å². The lowest BCUT2D eigenvalue weighted by Crippen LogP contribution is -2.48. The van der Waals surface area contributed by atoms with Crippen LogP contribution in [-0.2, 0) is 27.5 Å². The number of carbonyl (C=O) groups excluding carboxylic acids is 2. The summed E-state index contributed by atoms with van der Waals surface area (Å²) in [6.07, 6.45) is -0.197. The molecular formula is C20H40N4O8SSi. The van der Waals surface area contributed by atoms with Crippen LogP contribution < -0.4 is 0 Å². The van der Waals surface area contributed by atoms with E-state index in [0.29, 0.717) is 31.7 Å². The van der Waals surface area contributed by atoms with Gasteiger partial charge in [-0.3, -0.25) is 19.6 Å². The molecule has 14 heteroatoms. The van der Waals surface area contributed by atoms with Crippen LogP contribution in [0.3, 0.4) is 0 Å². The number of amides is 4. The molecule has 2 atom stereocenters. The normalized spacial score (nSPS) is 20.8. The average molecular weight is 525 g/mol. The maximum Gasteiger partial charge on any atom is 0.500 e. The number of carbonyl (C=O) groups is 2. The number of hydrogen-bond donors (Lipinski definition) is 0. The summed E-state index contributed by atoms with van der Waals surface area (Å²) in [6.45, 7) is 7.66. The highest BCUT2D eigenvalue weighted by Gasteiger charge is 2.59. The second kappa shape index (κ2) is 14.4. The summed E-state index contributed by atoms with van der Waals surface area (Å²) >= 11 is 1.62. The second-order valence-electron chi connectivity index (χ2n) is 7.65. The first-order valence-corrected chi connectivity index (χ1v) is 14.6. The summed E-state index contributed by atoms with van der Waals surface area (Å²) in [4.78, 5) is 32.6. The van der Waals surface area contributed by atoms with Gasteiger partial charge in [-0.05, 0) is 32.9 Å². The molecule has 0 aromatic carbocycles. The van der Waals surface area contributed by atoms with Crippen LogP contribution in [0, 0.1) is 0 Å². The van der Waals surface area contributed by atoms with Crippen LogP contribution in [0.4, 0.5) is 9.59 Å². The van der Waals surface area contributed by atoms with Gasteiger partial charge in [0.15, 0.2) is 12.3 Å². The zero-order chi connectivity index (χ0) is 25.1. The largest absolute Gasteiger partial charge is 0.500 e. The van der Waals surface area contributed by atoms with Crippen molar-refractivity contribution < 1.29 is 37.1 Å². The van der Waals surface area contributed by atoms with Crippen LogP contribution in [0.1, 0.15) is 27.2 Å². The molecule has 0 spiro atoms. The van der Waals surface area contributed by atoms with Crippen molar-refractivity contribution in [3.8, 4) is 0 Å². The fourth-order valence-electron chi connectivity index (χ4n) is 4.26. The van der Waals surface area contributed by atoms with E-state index >= 15 is 0 Å². The summed E-state index contributed by atoms with van der Waals surface area (Å²) in [6, 6.07) is 0.269. The van der Waals surface area contributed by atoms with Crippen molar-refractivity contribution in [2.24, 2.45) is 0 Å². The van der Waals surface area contributed by atoms with Gasteiger partial charge in [-0.25, -0.2) is 9.59 Å². The molecule has 0 bridgehead atoms. The molecular weight excluding hydrogens is 484 g/mol. The van der Waals surface area contributed by atoms with Crippen LogP contribution in [0.2, 0.25) is 6.04 Å². The number of fused-ring (bicyclic) bond motifs is 1. The molecule has 2 rings (SSSR count). The van der Waals surface area contributed by atoms with Crippen molar-refractivity contribution in [2.75, 3.05) is 73.0 Å². The summed E-state index contributed by atoms with van der Waals surface area (Å²) in [5.74, 6) is 1.20. The Morgan fingerprint density at radius 1 is 0.735 bits per heavy atom. The van der Waals surface area contributed by atoms with Crippen LogP contribution in [0.15, 0.2) is 0 Å². The maximum absolute atomic E-state index is 13.3. The van der Waals surface area contributed by atoms with Crippen molar-refractivity contribution in [3.05, 3.63) is 0 Å². The van der Waals surface area contributed by atoms with Crippen LogP contribution in [-0.4, -0.2) is 126 Å². The average Bonchev–Trinajstić information content (AvgIpc) is 3.21. The Labute approximate surface area is 208 Å². The number of ether oxygens (including phenoxy) is 3. The number of hydrogen-bond acceptors (Lipinski definition) is 9. The summed E-state index contributed by atoms with van der Waals surface area (Å²) in [5, 5.41) is 0. The number of methoxy groups -OCH3 is 3. The Balaban J connectivity index is 2.06. The minimum absolute atomic E-state index is 0.0632. The van der Waals surface area contributed by atoms with E-state index in [-0.39, 0.29) is 32.3 Å². The predicted molar refractivity (Wildman–Crippen MR) is 129 cm³/mol. The molecule has 2 heterocycles. The summed E-state index contributed by atoms with van der Waals surface area (Å²) < 4.78 is 33.5. The molecule has 2 fully saturated rings. The Kier molecular flexibility index (Phi) is 12.4. The van der Waals surface area contributed by atoms with Gasteiger partial charge in [0.25, 0.3) is 0 Å². The highest BCUT2D eigenvalue weighted by molar-refractivity contribution is 7.99. The molecule has 4 amide bonds. The first-order valence-electron chi connectivity index (χ1n) is 11.6. The van der Waals surface area contributed by atoms with Gasteiger partial charge in [-0.15, -0.1) is 11.8 Å². The first-order chi connectivity index (χ1) is 16.4. The molecule has 198 valence electrons. The van der Waals surface area contributed by atoms with E-state index in [9.17, 15) is 9.59 Å². The lowest BCUT2D eigenvalue weighted by atomic mass is 10.3. The van der Waals surface area contributed by atoms with Gasteiger partial charge in [-0.1, -0.05) is 0 Å². The third-order valence-electron chi connectivity index (χ3n) is 5.43. The number of rotatable bonds is 18. The van der Waals surface area contributed by atoms with E-state index in [4.69, 9.17) is 27.5 Å². The minimum atomic E-state index is -2.69. The summed E-state index contributed by atoms with van der Waals surface area (Å²) in [5.41, 5.74) is 0. The fourth-order valence-corrected chi connectivity index (χ4v) is 8.07. The van der Waals surface area contributed by atoms with Gasteiger partial charge in [0.05, 0.1) is 5.88 Å². The van der Waals surface area contributed by atoms with E-state index in [1.165, 1.54) is 26.2 Å². The monoisotopic (exact) mass is 524 g/mol. The number of thioether (sulfide) groups is 1. The van der Waals surface area contributed by atoms with Crippen molar-refractivity contribution in [3.63, 3.8) is 0 Å². The maximum atomic E-state index is 13.3. The Morgan fingerprint density at radius 2 is 1.15 bits per heavy atom. The molecule has 0 N–H and O–H groups in total. The van der Waals surface area contributed by atoms with Crippen molar-refractivity contribution >= 4 is 32.6 Å². The topological polar surface area (TPSA) is 102 Å². The lowest BCUT2D eigenvalue weighted by molar-refractivity contribution is -0.00414. The Hall–Kier alpha value is -1.13. The van der Waals surface area contributed by atoms with Crippen molar-refractivity contribution in [2.45, 2.75) is 45.6 Å². The highest BCUT2D eigenvalue weighted by Crippen LogP contribution is 2.36. The highest BCUT2D eigenvalue weighted by atomic mass is 32.2. The van der Waals surface area contributed by atoms with Crippen LogP contribution in [0.25, 0.3) is 0 Å². The third kappa shape index (κ3) is 6.54. The molecule has 2 aliphatic rings. The molecule has 0 aromatic rings. The SMILES string of the molecule is CCO[Si](CCCSCN1C(=O)N(COC)C2C1N(COC)C(=O)N2COC)(OCC)OCC. The Morgan fingerprint density at radius 3 is 1.56 bits per heavy atom. The van der Waals surface area contributed by atoms with Crippen molar-refractivity contribution in [1.82, 2.24) is 19.6 Å². The zero-order valence-electron chi connectivity index (χ0n) is 21.2. The molecule has 2 unspecified atom stereocenters. The Bertz CT molecular complexity index is 631. The van der Waals surface area contributed by atoms with E-state index in [2.05, 4.69) is 0 Å². The molecule has 0 aromatic heterocycles. The quantitative estimate of drug-likeness (QED) is 0.197. The van der Waals surface area contributed by atoms with Gasteiger partial charge in [-0.2, -0.15) is 0 Å². The lowest BCUT2D eigenvalue weighted by Gasteiger charge is -2.29. The van der Waals surface area contributed by atoms with Gasteiger partial charge < -0.3 is 27.5 Å². The predicted octanol–water partition coefficient (Wildman–Crippen LogP) is 2.05. The smallest absolute Gasteiger partial charge is 0.374 e. The zero-order valence-corrected chi connectivity index (χ0v) is 23.0. The summed E-state index contributed by atoms with van der Waals surface area (Å²) in [7, 11) is 1.87. The molecule has 12 nitrogen and oxygen atoms in total. The van der Waals surface area contributed by atoms with Gasteiger partial charge >= 0.3 is 20.9 Å². The molecule has 0 saturated carbocycles.